The minimum Gasteiger partial charge on any atom is -0.454 e. The van der Waals surface area contributed by atoms with E-state index in [1.807, 2.05) is 25.1 Å². The van der Waals surface area contributed by atoms with Gasteiger partial charge in [0.2, 0.25) is 12.7 Å². The van der Waals surface area contributed by atoms with Crippen LogP contribution in [0, 0.1) is 6.92 Å². The maximum atomic E-state index is 12.6. The number of carbonyl (C=O) groups excluding carboxylic acids is 3. The van der Waals surface area contributed by atoms with Crippen LogP contribution in [0.4, 0.5) is 11.4 Å². The first-order valence-corrected chi connectivity index (χ1v) is 11.4. The van der Waals surface area contributed by atoms with Crippen molar-refractivity contribution in [2.45, 2.75) is 11.8 Å². The maximum absolute atomic E-state index is 12.6. The zero-order valence-corrected chi connectivity index (χ0v) is 19.1. The number of benzene rings is 3. The molecule has 0 unspecified atom stereocenters. The van der Waals surface area contributed by atoms with Gasteiger partial charge < -0.3 is 24.8 Å². The van der Waals surface area contributed by atoms with Gasteiger partial charge in [-0.25, -0.2) is 4.79 Å². The number of ether oxygens (including phenoxy) is 3. The monoisotopic (exact) mass is 478 g/mol. The van der Waals surface area contributed by atoms with E-state index in [4.69, 9.17) is 14.2 Å². The molecular weight excluding hydrogens is 456 g/mol. The van der Waals surface area contributed by atoms with Gasteiger partial charge in [0.15, 0.2) is 18.1 Å². The topological polar surface area (TPSA) is 103 Å². The lowest BCUT2D eigenvalue weighted by molar-refractivity contribution is -0.119. The van der Waals surface area contributed by atoms with Crippen molar-refractivity contribution in [3.63, 3.8) is 0 Å². The van der Waals surface area contributed by atoms with Gasteiger partial charge in [0, 0.05) is 22.3 Å². The molecule has 34 heavy (non-hydrogen) atoms. The Bertz CT molecular complexity index is 1230. The van der Waals surface area contributed by atoms with Gasteiger partial charge in [-0.15, -0.1) is 11.8 Å². The van der Waals surface area contributed by atoms with E-state index in [0.717, 1.165) is 5.56 Å². The molecule has 0 saturated heterocycles. The molecule has 2 N–H and O–H groups in total. The van der Waals surface area contributed by atoms with Crippen LogP contribution in [0.1, 0.15) is 15.9 Å². The third-order valence-corrected chi connectivity index (χ3v) is 5.95. The average Bonchev–Trinajstić information content (AvgIpc) is 3.31. The van der Waals surface area contributed by atoms with Crippen molar-refractivity contribution in [3.05, 3.63) is 77.9 Å². The third-order valence-electron chi connectivity index (χ3n) is 4.88. The van der Waals surface area contributed by atoms with Crippen LogP contribution < -0.4 is 20.1 Å². The van der Waals surface area contributed by atoms with Crippen molar-refractivity contribution >= 4 is 40.9 Å². The predicted octanol–water partition coefficient (Wildman–Crippen LogP) is 4.25. The Hall–Kier alpha value is -3.98. The van der Waals surface area contributed by atoms with Crippen molar-refractivity contribution in [1.82, 2.24) is 0 Å². The number of hydrogen-bond donors (Lipinski definition) is 2. The van der Waals surface area contributed by atoms with Crippen LogP contribution in [-0.4, -0.2) is 36.9 Å². The third kappa shape index (κ3) is 5.87. The van der Waals surface area contributed by atoms with Crippen molar-refractivity contribution in [1.29, 1.82) is 0 Å². The minimum absolute atomic E-state index is 0.0759. The molecule has 0 saturated carbocycles. The smallest absolute Gasteiger partial charge is 0.339 e. The number of carbonyl (C=O) groups is 3. The lowest BCUT2D eigenvalue weighted by Gasteiger charge is -2.11. The largest absolute Gasteiger partial charge is 0.454 e. The highest BCUT2D eigenvalue weighted by Gasteiger charge is 2.17. The summed E-state index contributed by atoms with van der Waals surface area (Å²) in [7, 11) is 0. The number of rotatable bonds is 8. The molecule has 1 aliphatic rings. The standard InChI is InChI=1S/C25H22N2O6S/c1-16-6-2-4-8-19(16)27-23(28)13-31-25(30)18-7-3-5-9-22(18)34-14-24(29)26-17-10-11-20-21(12-17)33-15-32-20/h2-12H,13-15H2,1H3,(H,26,29)(H,27,28). The molecule has 0 spiro atoms. The number of nitrogens with one attached hydrogen (secondary N) is 2. The van der Waals surface area contributed by atoms with Gasteiger partial charge in [-0.3, -0.25) is 9.59 Å². The molecule has 4 rings (SSSR count). The molecule has 1 heterocycles. The summed E-state index contributed by atoms with van der Waals surface area (Å²) in [5, 5.41) is 5.51. The first-order valence-electron chi connectivity index (χ1n) is 10.4. The number of esters is 1. The summed E-state index contributed by atoms with van der Waals surface area (Å²) in [6, 6.07) is 19.3. The van der Waals surface area contributed by atoms with Gasteiger partial charge >= 0.3 is 5.97 Å². The number of para-hydroxylation sites is 1. The molecule has 174 valence electrons. The number of aryl methyl sites for hydroxylation is 1. The summed E-state index contributed by atoms with van der Waals surface area (Å²) in [6.45, 7) is 1.61. The Labute approximate surface area is 200 Å². The van der Waals surface area contributed by atoms with E-state index in [2.05, 4.69) is 10.6 Å². The Morgan fingerprint density at radius 1 is 0.912 bits per heavy atom. The molecule has 3 aromatic rings. The van der Waals surface area contributed by atoms with E-state index in [-0.39, 0.29) is 24.0 Å². The van der Waals surface area contributed by atoms with E-state index in [9.17, 15) is 14.4 Å². The summed E-state index contributed by atoms with van der Waals surface area (Å²) >= 11 is 1.20. The fourth-order valence-electron chi connectivity index (χ4n) is 3.18. The highest BCUT2D eigenvalue weighted by Crippen LogP contribution is 2.34. The summed E-state index contributed by atoms with van der Waals surface area (Å²) in [6.07, 6.45) is 0. The van der Waals surface area contributed by atoms with E-state index in [1.54, 1.807) is 48.5 Å². The summed E-state index contributed by atoms with van der Waals surface area (Å²) in [5.74, 6) is -0.0379. The van der Waals surface area contributed by atoms with Gasteiger partial charge in [-0.1, -0.05) is 30.3 Å². The van der Waals surface area contributed by atoms with Crippen LogP contribution in [0.3, 0.4) is 0 Å². The number of amides is 2. The first-order chi connectivity index (χ1) is 16.5. The first kappa shape index (κ1) is 23.2. The Morgan fingerprint density at radius 3 is 2.53 bits per heavy atom. The van der Waals surface area contributed by atoms with Gasteiger partial charge in [-0.2, -0.15) is 0 Å². The highest BCUT2D eigenvalue weighted by atomic mass is 32.2. The van der Waals surface area contributed by atoms with Crippen molar-refractivity contribution in [2.24, 2.45) is 0 Å². The summed E-state index contributed by atoms with van der Waals surface area (Å²) in [5.41, 5.74) is 2.44. The quantitative estimate of drug-likeness (QED) is 0.369. The molecule has 2 amide bonds. The molecule has 8 nitrogen and oxygen atoms in total. The molecule has 9 heteroatoms. The molecule has 0 aliphatic carbocycles. The zero-order valence-electron chi connectivity index (χ0n) is 18.3. The van der Waals surface area contributed by atoms with Crippen molar-refractivity contribution < 1.29 is 28.6 Å². The molecule has 1 aliphatic heterocycles. The predicted molar refractivity (Wildman–Crippen MR) is 128 cm³/mol. The second kappa shape index (κ2) is 10.8. The van der Waals surface area contributed by atoms with E-state index in [0.29, 0.717) is 27.8 Å². The van der Waals surface area contributed by atoms with Crippen LogP contribution >= 0.6 is 11.8 Å². The Balaban J connectivity index is 1.30. The lowest BCUT2D eigenvalue weighted by Crippen LogP contribution is -2.21. The molecule has 0 fully saturated rings. The highest BCUT2D eigenvalue weighted by molar-refractivity contribution is 8.00. The molecule has 3 aromatic carbocycles. The molecule has 0 aromatic heterocycles. The Morgan fingerprint density at radius 2 is 1.68 bits per heavy atom. The van der Waals surface area contributed by atoms with Crippen LogP contribution in [0.2, 0.25) is 0 Å². The summed E-state index contributed by atoms with van der Waals surface area (Å²) in [4.78, 5) is 37.8. The number of hydrogen-bond acceptors (Lipinski definition) is 7. The summed E-state index contributed by atoms with van der Waals surface area (Å²) < 4.78 is 15.8. The number of anilines is 2. The van der Waals surface area contributed by atoms with Gasteiger partial charge in [0.1, 0.15) is 0 Å². The average molecular weight is 479 g/mol. The molecule has 0 radical (unpaired) electrons. The fraction of sp³-hybridized carbons (Fsp3) is 0.160. The van der Waals surface area contributed by atoms with Gasteiger partial charge in [0.25, 0.3) is 5.91 Å². The van der Waals surface area contributed by atoms with Crippen LogP contribution in [-0.2, 0) is 14.3 Å². The minimum atomic E-state index is -0.640. The van der Waals surface area contributed by atoms with Crippen LogP contribution in [0.15, 0.2) is 71.6 Å². The maximum Gasteiger partial charge on any atom is 0.339 e. The van der Waals surface area contributed by atoms with Crippen molar-refractivity contribution in [3.8, 4) is 11.5 Å². The second-order valence-electron chi connectivity index (χ2n) is 7.34. The molecule has 0 atom stereocenters. The van der Waals surface area contributed by atoms with E-state index >= 15 is 0 Å². The Kier molecular flexibility index (Phi) is 7.34. The zero-order chi connectivity index (χ0) is 23.9. The van der Waals surface area contributed by atoms with Gasteiger partial charge in [0.05, 0.1) is 11.3 Å². The van der Waals surface area contributed by atoms with E-state index in [1.165, 1.54) is 11.8 Å². The lowest BCUT2D eigenvalue weighted by atomic mass is 10.2. The van der Waals surface area contributed by atoms with Gasteiger partial charge in [-0.05, 0) is 42.8 Å². The normalized spacial score (nSPS) is 11.6. The van der Waals surface area contributed by atoms with Crippen molar-refractivity contribution in [2.75, 3.05) is 29.8 Å². The fourth-order valence-corrected chi connectivity index (χ4v) is 4.02. The van der Waals surface area contributed by atoms with Crippen LogP contribution in [0.25, 0.3) is 0 Å². The molecule has 0 bridgehead atoms. The van der Waals surface area contributed by atoms with Crippen LogP contribution in [0.5, 0.6) is 11.5 Å². The SMILES string of the molecule is Cc1ccccc1NC(=O)COC(=O)c1ccccc1SCC(=O)Nc1ccc2c(c1)OCO2. The number of thioether (sulfide) groups is 1. The number of fused-ring (bicyclic) bond motifs is 1. The molecular formula is C25H22N2O6S. The second-order valence-corrected chi connectivity index (χ2v) is 8.36. The van der Waals surface area contributed by atoms with E-state index < -0.39 is 18.5 Å².